The van der Waals surface area contributed by atoms with Crippen molar-refractivity contribution in [1.29, 1.82) is 0 Å². The van der Waals surface area contributed by atoms with Crippen LogP contribution in [0, 0.1) is 0 Å². The SMILES string of the molecule is N[C@H]1CCO[C@@H]1CC(=O)O. The number of aliphatic carboxylic acids is 1. The number of carboxylic acid groups (broad SMARTS) is 1. The molecular formula is C6H11NO3. The minimum Gasteiger partial charge on any atom is -0.481 e. The van der Waals surface area contributed by atoms with Crippen LogP contribution in [0.4, 0.5) is 0 Å². The second-order valence-corrected chi connectivity index (χ2v) is 2.46. The number of hydrogen-bond donors (Lipinski definition) is 2. The summed E-state index contributed by atoms with van der Waals surface area (Å²) >= 11 is 0. The second-order valence-electron chi connectivity index (χ2n) is 2.46. The lowest BCUT2D eigenvalue weighted by Gasteiger charge is -2.10. The molecule has 0 aliphatic carbocycles. The van der Waals surface area contributed by atoms with E-state index in [1.807, 2.05) is 0 Å². The summed E-state index contributed by atoms with van der Waals surface area (Å²) in [5.41, 5.74) is 5.54. The molecule has 0 bridgehead atoms. The Morgan fingerprint density at radius 1 is 1.80 bits per heavy atom. The Balaban J connectivity index is 2.33. The number of ether oxygens (including phenoxy) is 1. The van der Waals surface area contributed by atoms with E-state index >= 15 is 0 Å². The fourth-order valence-corrected chi connectivity index (χ4v) is 1.05. The van der Waals surface area contributed by atoms with Crippen molar-refractivity contribution in [2.75, 3.05) is 6.61 Å². The van der Waals surface area contributed by atoms with Gasteiger partial charge in [-0.2, -0.15) is 0 Å². The second kappa shape index (κ2) is 2.98. The molecule has 1 rings (SSSR count). The standard InChI is InChI=1S/C6H11NO3/c7-4-1-2-10-5(4)3-6(8)9/h4-5H,1-3,7H2,(H,8,9)/t4-,5+/m0/s1. The molecule has 1 aliphatic heterocycles. The molecule has 0 amide bonds. The molecule has 4 heteroatoms. The Bertz CT molecular complexity index is 137. The van der Waals surface area contributed by atoms with Gasteiger partial charge in [-0.1, -0.05) is 0 Å². The highest BCUT2D eigenvalue weighted by molar-refractivity contribution is 5.67. The molecule has 0 radical (unpaired) electrons. The summed E-state index contributed by atoms with van der Waals surface area (Å²) in [5, 5.41) is 8.36. The van der Waals surface area contributed by atoms with Crippen molar-refractivity contribution in [2.24, 2.45) is 5.73 Å². The predicted octanol–water partition coefficient (Wildman–Crippen LogP) is -0.423. The molecule has 0 aromatic carbocycles. The molecule has 0 aromatic rings. The van der Waals surface area contributed by atoms with Gasteiger partial charge in [0.25, 0.3) is 0 Å². The van der Waals surface area contributed by atoms with Crippen LogP contribution in [-0.2, 0) is 9.53 Å². The molecule has 2 atom stereocenters. The van der Waals surface area contributed by atoms with E-state index in [2.05, 4.69) is 0 Å². The van der Waals surface area contributed by atoms with E-state index in [4.69, 9.17) is 15.6 Å². The minimum atomic E-state index is -0.845. The van der Waals surface area contributed by atoms with Gasteiger partial charge >= 0.3 is 5.97 Å². The van der Waals surface area contributed by atoms with E-state index in [0.29, 0.717) is 6.61 Å². The first-order chi connectivity index (χ1) is 4.70. The molecule has 1 aliphatic rings. The van der Waals surface area contributed by atoms with Crippen molar-refractivity contribution in [2.45, 2.75) is 25.0 Å². The average Bonchev–Trinajstić information content (AvgIpc) is 2.15. The van der Waals surface area contributed by atoms with Gasteiger partial charge in [0.15, 0.2) is 0 Å². The molecule has 0 saturated carbocycles. The fraction of sp³-hybridized carbons (Fsp3) is 0.833. The summed E-state index contributed by atoms with van der Waals surface area (Å²) in [6.07, 6.45) is 0.538. The highest BCUT2D eigenvalue weighted by Gasteiger charge is 2.26. The third-order valence-electron chi connectivity index (χ3n) is 1.64. The molecule has 0 aromatic heterocycles. The van der Waals surface area contributed by atoms with E-state index < -0.39 is 5.97 Å². The average molecular weight is 145 g/mol. The van der Waals surface area contributed by atoms with Crippen molar-refractivity contribution in [1.82, 2.24) is 0 Å². The third-order valence-corrected chi connectivity index (χ3v) is 1.64. The van der Waals surface area contributed by atoms with Gasteiger partial charge in [-0.05, 0) is 6.42 Å². The predicted molar refractivity (Wildman–Crippen MR) is 34.6 cm³/mol. The molecule has 1 fully saturated rings. The van der Waals surface area contributed by atoms with Crippen molar-refractivity contribution >= 4 is 5.97 Å². The first-order valence-corrected chi connectivity index (χ1v) is 3.29. The molecule has 0 unspecified atom stereocenters. The molecule has 1 heterocycles. The van der Waals surface area contributed by atoms with E-state index in [0.717, 1.165) is 6.42 Å². The van der Waals surface area contributed by atoms with Crippen molar-refractivity contribution in [3.05, 3.63) is 0 Å². The van der Waals surface area contributed by atoms with Gasteiger partial charge in [-0.3, -0.25) is 4.79 Å². The molecule has 4 nitrogen and oxygen atoms in total. The van der Waals surface area contributed by atoms with Gasteiger partial charge in [0.1, 0.15) is 0 Å². The van der Waals surface area contributed by atoms with Crippen LogP contribution in [0.5, 0.6) is 0 Å². The summed E-state index contributed by atoms with van der Waals surface area (Å²) < 4.78 is 5.07. The van der Waals surface area contributed by atoms with Gasteiger partial charge in [-0.25, -0.2) is 0 Å². The Morgan fingerprint density at radius 3 is 2.90 bits per heavy atom. The van der Waals surface area contributed by atoms with Gasteiger partial charge in [-0.15, -0.1) is 0 Å². The number of carboxylic acids is 1. The maximum Gasteiger partial charge on any atom is 0.306 e. The third kappa shape index (κ3) is 1.68. The van der Waals surface area contributed by atoms with Crippen molar-refractivity contribution in [3.8, 4) is 0 Å². The Kier molecular flexibility index (Phi) is 2.24. The largest absolute Gasteiger partial charge is 0.481 e. The van der Waals surface area contributed by atoms with Gasteiger partial charge in [0.05, 0.1) is 12.5 Å². The van der Waals surface area contributed by atoms with Crippen LogP contribution in [0.1, 0.15) is 12.8 Å². The lowest BCUT2D eigenvalue weighted by atomic mass is 10.1. The van der Waals surface area contributed by atoms with Crippen LogP contribution >= 0.6 is 0 Å². The zero-order chi connectivity index (χ0) is 7.56. The number of nitrogens with two attached hydrogens (primary N) is 1. The molecule has 1 saturated heterocycles. The molecular weight excluding hydrogens is 134 g/mol. The molecule has 3 N–H and O–H groups in total. The fourth-order valence-electron chi connectivity index (χ4n) is 1.05. The quantitative estimate of drug-likeness (QED) is 0.553. The van der Waals surface area contributed by atoms with Crippen LogP contribution < -0.4 is 5.73 Å². The number of hydrogen-bond acceptors (Lipinski definition) is 3. The van der Waals surface area contributed by atoms with Crippen LogP contribution in [-0.4, -0.2) is 29.8 Å². The zero-order valence-electron chi connectivity index (χ0n) is 5.62. The zero-order valence-corrected chi connectivity index (χ0v) is 5.62. The first-order valence-electron chi connectivity index (χ1n) is 3.29. The molecule has 58 valence electrons. The maximum absolute atomic E-state index is 10.2. The van der Waals surface area contributed by atoms with E-state index in [1.165, 1.54) is 0 Å². The highest BCUT2D eigenvalue weighted by Crippen LogP contribution is 2.13. The molecule has 0 spiro atoms. The Morgan fingerprint density at radius 2 is 2.50 bits per heavy atom. The lowest BCUT2D eigenvalue weighted by Crippen LogP contribution is -2.31. The monoisotopic (exact) mass is 145 g/mol. The van der Waals surface area contributed by atoms with E-state index in [9.17, 15) is 4.79 Å². The number of carbonyl (C=O) groups is 1. The van der Waals surface area contributed by atoms with Crippen LogP contribution in [0.3, 0.4) is 0 Å². The highest BCUT2D eigenvalue weighted by atomic mass is 16.5. The van der Waals surface area contributed by atoms with E-state index in [1.54, 1.807) is 0 Å². The molecule has 10 heavy (non-hydrogen) atoms. The summed E-state index contributed by atoms with van der Waals surface area (Å²) in [6.45, 7) is 0.596. The normalized spacial score (nSPS) is 32.5. The van der Waals surface area contributed by atoms with Crippen molar-refractivity contribution < 1.29 is 14.6 Å². The maximum atomic E-state index is 10.2. The summed E-state index contributed by atoms with van der Waals surface area (Å²) in [4.78, 5) is 10.2. The van der Waals surface area contributed by atoms with Crippen LogP contribution in [0.2, 0.25) is 0 Å². The Hall–Kier alpha value is -0.610. The van der Waals surface area contributed by atoms with Crippen LogP contribution in [0.15, 0.2) is 0 Å². The van der Waals surface area contributed by atoms with Gasteiger partial charge in [0.2, 0.25) is 0 Å². The van der Waals surface area contributed by atoms with Crippen LogP contribution in [0.25, 0.3) is 0 Å². The summed E-state index contributed by atoms with van der Waals surface area (Å²) in [6, 6.07) is -0.0869. The van der Waals surface area contributed by atoms with Gasteiger partial charge in [0, 0.05) is 12.6 Å². The minimum absolute atomic E-state index is 0.0289. The summed E-state index contributed by atoms with van der Waals surface area (Å²) in [7, 11) is 0. The topological polar surface area (TPSA) is 72.5 Å². The number of rotatable bonds is 2. The summed E-state index contributed by atoms with van der Waals surface area (Å²) in [5.74, 6) is -0.845. The van der Waals surface area contributed by atoms with Gasteiger partial charge < -0.3 is 15.6 Å². The van der Waals surface area contributed by atoms with Crippen molar-refractivity contribution in [3.63, 3.8) is 0 Å². The smallest absolute Gasteiger partial charge is 0.306 e. The lowest BCUT2D eigenvalue weighted by molar-refractivity contribution is -0.139. The van der Waals surface area contributed by atoms with E-state index in [-0.39, 0.29) is 18.6 Å². The first kappa shape index (κ1) is 7.50. The Labute approximate surface area is 59.0 Å².